The van der Waals surface area contributed by atoms with E-state index in [2.05, 4.69) is 30.4 Å². The lowest BCUT2D eigenvalue weighted by Crippen LogP contribution is -2.47. The van der Waals surface area contributed by atoms with Gasteiger partial charge >= 0.3 is 0 Å². The van der Waals surface area contributed by atoms with Gasteiger partial charge in [-0.05, 0) is 49.9 Å². The number of amides is 3. The van der Waals surface area contributed by atoms with Crippen LogP contribution in [0.2, 0.25) is 0 Å². The molecule has 4 heterocycles. The van der Waals surface area contributed by atoms with Gasteiger partial charge in [-0.25, -0.2) is 4.98 Å². The van der Waals surface area contributed by atoms with E-state index < -0.39 is 0 Å². The Bertz CT molecular complexity index is 1480. The highest BCUT2D eigenvalue weighted by atomic mass is 16.5. The molecule has 0 bridgehead atoms. The summed E-state index contributed by atoms with van der Waals surface area (Å²) in [6, 6.07) is 11.1. The molecule has 0 spiro atoms. The number of carbonyl (C=O) groups excluding carboxylic acids is 3. The van der Waals surface area contributed by atoms with E-state index in [1.54, 1.807) is 19.2 Å². The van der Waals surface area contributed by atoms with Gasteiger partial charge in [0.15, 0.2) is 11.6 Å². The van der Waals surface area contributed by atoms with Crippen LogP contribution in [0.25, 0.3) is 0 Å². The van der Waals surface area contributed by atoms with Crippen LogP contribution in [-0.2, 0) is 4.79 Å². The number of benzene rings is 1. The van der Waals surface area contributed by atoms with Gasteiger partial charge in [-0.2, -0.15) is 4.98 Å². The molecule has 2 aliphatic heterocycles. The molecular formula is C31H37N7O5. The van der Waals surface area contributed by atoms with Gasteiger partial charge in [0.25, 0.3) is 11.8 Å². The number of nitrogens with one attached hydrogen (secondary N) is 2. The number of anilines is 3. The standard InChI is InChI=1S/C31H37N7O5/c1-42-27-6-2-5-26(35-27)37-17-15-36(16-18-37)25-11-10-22(29(40)32-12-4-14-38-13-3-7-28(38)39)19-23(25)33-30(41)24-20-43-31(34-24)21-8-9-21/h2,5-6,10-11,19-21H,3-4,7-9,12-18H2,1H3,(H,32,40)(H,33,41). The number of piperazine rings is 1. The summed E-state index contributed by atoms with van der Waals surface area (Å²) >= 11 is 0. The number of oxazole rings is 1. The van der Waals surface area contributed by atoms with Crippen molar-refractivity contribution in [1.82, 2.24) is 20.2 Å². The highest BCUT2D eigenvalue weighted by Crippen LogP contribution is 2.39. The van der Waals surface area contributed by atoms with E-state index in [4.69, 9.17) is 9.15 Å². The van der Waals surface area contributed by atoms with Crippen molar-refractivity contribution >= 4 is 34.9 Å². The van der Waals surface area contributed by atoms with Crippen molar-refractivity contribution in [3.05, 3.63) is 59.8 Å². The van der Waals surface area contributed by atoms with Crippen LogP contribution in [0.5, 0.6) is 5.88 Å². The number of likely N-dealkylation sites (tertiary alicyclic amines) is 1. The molecule has 2 aromatic heterocycles. The molecule has 0 radical (unpaired) electrons. The number of rotatable bonds is 11. The van der Waals surface area contributed by atoms with Crippen molar-refractivity contribution in [2.24, 2.45) is 0 Å². The zero-order chi connectivity index (χ0) is 29.8. The topological polar surface area (TPSA) is 133 Å². The minimum atomic E-state index is -0.385. The molecule has 2 saturated heterocycles. The van der Waals surface area contributed by atoms with E-state index in [9.17, 15) is 14.4 Å². The van der Waals surface area contributed by atoms with Gasteiger partial charge in [0.2, 0.25) is 11.8 Å². The number of aromatic nitrogens is 2. The fourth-order valence-corrected chi connectivity index (χ4v) is 5.53. The summed E-state index contributed by atoms with van der Waals surface area (Å²) in [5.41, 5.74) is 2.01. The third-order valence-electron chi connectivity index (χ3n) is 8.11. The predicted molar refractivity (Wildman–Crippen MR) is 161 cm³/mol. The average molecular weight is 588 g/mol. The van der Waals surface area contributed by atoms with Gasteiger partial charge in [0.05, 0.1) is 18.5 Å². The second-order valence-electron chi connectivity index (χ2n) is 11.1. The summed E-state index contributed by atoms with van der Waals surface area (Å²) in [7, 11) is 1.60. The van der Waals surface area contributed by atoms with Crippen LogP contribution in [0.3, 0.4) is 0 Å². The van der Waals surface area contributed by atoms with Gasteiger partial charge in [0, 0.05) is 69.8 Å². The molecule has 1 aromatic carbocycles. The van der Waals surface area contributed by atoms with Gasteiger partial charge in [-0.1, -0.05) is 6.07 Å². The molecule has 1 saturated carbocycles. The normalized spacial score (nSPS) is 16.9. The first-order chi connectivity index (χ1) is 21.0. The summed E-state index contributed by atoms with van der Waals surface area (Å²) in [6.07, 6.45) is 5.62. The molecule has 3 amide bonds. The summed E-state index contributed by atoms with van der Waals surface area (Å²) < 4.78 is 10.8. The highest BCUT2D eigenvalue weighted by Gasteiger charge is 2.30. The molecule has 0 unspecified atom stereocenters. The van der Waals surface area contributed by atoms with Gasteiger partial charge in [-0.15, -0.1) is 0 Å². The molecule has 43 heavy (non-hydrogen) atoms. The molecule has 3 aliphatic rings. The maximum absolute atomic E-state index is 13.2. The second kappa shape index (κ2) is 12.7. The largest absolute Gasteiger partial charge is 0.481 e. The lowest BCUT2D eigenvalue weighted by Gasteiger charge is -2.37. The number of nitrogens with zero attached hydrogens (tertiary/aromatic N) is 5. The number of methoxy groups -OCH3 is 1. The summed E-state index contributed by atoms with van der Waals surface area (Å²) in [5.74, 6) is 1.87. The number of carbonyl (C=O) groups is 3. The fraction of sp³-hybridized carbons (Fsp3) is 0.452. The average Bonchev–Trinajstić information content (AvgIpc) is 3.62. The molecule has 6 rings (SSSR count). The van der Waals surface area contributed by atoms with Crippen molar-refractivity contribution in [3.63, 3.8) is 0 Å². The lowest BCUT2D eigenvalue weighted by atomic mass is 10.1. The predicted octanol–water partition coefficient (Wildman–Crippen LogP) is 3.28. The Morgan fingerprint density at radius 1 is 1.02 bits per heavy atom. The first-order valence-corrected chi connectivity index (χ1v) is 15.0. The SMILES string of the molecule is COc1cccc(N2CCN(c3ccc(C(=O)NCCCN4CCCC4=O)cc3NC(=O)c3coc(C4CC4)n3)CC2)n1. The van der Waals surface area contributed by atoms with Crippen LogP contribution in [0.1, 0.15) is 64.8 Å². The third kappa shape index (κ3) is 6.73. The summed E-state index contributed by atoms with van der Waals surface area (Å²) in [6.45, 7) is 4.71. The van der Waals surface area contributed by atoms with Crippen molar-refractivity contribution in [3.8, 4) is 5.88 Å². The first kappa shape index (κ1) is 28.5. The van der Waals surface area contributed by atoms with Gasteiger partial charge in [0.1, 0.15) is 12.1 Å². The molecule has 12 nitrogen and oxygen atoms in total. The van der Waals surface area contributed by atoms with E-state index in [1.165, 1.54) is 6.26 Å². The Morgan fingerprint density at radius 3 is 2.58 bits per heavy atom. The van der Waals surface area contributed by atoms with Gasteiger partial charge in [-0.3, -0.25) is 14.4 Å². The highest BCUT2D eigenvalue weighted by molar-refractivity contribution is 6.06. The molecule has 0 atom stereocenters. The van der Waals surface area contributed by atoms with Crippen molar-refractivity contribution < 1.29 is 23.5 Å². The van der Waals surface area contributed by atoms with E-state index in [1.807, 2.05) is 29.2 Å². The van der Waals surface area contributed by atoms with E-state index in [0.717, 1.165) is 50.4 Å². The first-order valence-electron chi connectivity index (χ1n) is 15.0. The molecule has 3 fully saturated rings. The lowest BCUT2D eigenvalue weighted by molar-refractivity contribution is -0.127. The smallest absolute Gasteiger partial charge is 0.277 e. The number of ether oxygens (including phenoxy) is 1. The molecule has 226 valence electrons. The number of hydrogen-bond donors (Lipinski definition) is 2. The zero-order valence-corrected chi connectivity index (χ0v) is 24.4. The number of pyridine rings is 1. The van der Waals surface area contributed by atoms with Crippen LogP contribution < -0.4 is 25.2 Å². The third-order valence-corrected chi connectivity index (χ3v) is 8.11. The van der Waals surface area contributed by atoms with Crippen LogP contribution in [-0.4, -0.2) is 85.5 Å². The van der Waals surface area contributed by atoms with Crippen LogP contribution >= 0.6 is 0 Å². The Kier molecular flexibility index (Phi) is 8.43. The zero-order valence-electron chi connectivity index (χ0n) is 24.4. The Hall–Kier alpha value is -4.61. The Balaban J connectivity index is 1.15. The second-order valence-corrected chi connectivity index (χ2v) is 11.1. The maximum atomic E-state index is 13.2. The molecule has 2 N–H and O–H groups in total. The monoisotopic (exact) mass is 587 g/mol. The summed E-state index contributed by atoms with van der Waals surface area (Å²) in [5, 5.41) is 5.94. The maximum Gasteiger partial charge on any atom is 0.277 e. The fourth-order valence-electron chi connectivity index (χ4n) is 5.53. The Morgan fingerprint density at radius 2 is 1.84 bits per heavy atom. The molecular weight excluding hydrogens is 550 g/mol. The van der Waals surface area contributed by atoms with Gasteiger partial charge < -0.3 is 34.5 Å². The van der Waals surface area contributed by atoms with E-state index in [0.29, 0.717) is 68.0 Å². The van der Waals surface area contributed by atoms with E-state index in [-0.39, 0.29) is 23.4 Å². The summed E-state index contributed by atoms with van der Waals surface area (Å²) in [4.78, 5) is 53.3. The van der Waals surface area contributed by atoms with Crippen molar-refractivity contribution in [1.29, 1.82) is 0 Å². The van der Waals surface area contributed by atoms with E-state index >= 15 is 0 Å². The molecule has 12 heteroatoms. The number of hydrogen-bond acceptors (Lipinski definition) is 9. The van der Waals surface area contributed by atoms with Crippen molar-refractivity contribution in [2.45, 2.75) is 38.0 Å². The van der Waals surface area contributed by atoms with Crippen LogP contribution in [0, 0.1) is 0 Å². The minimum absolute atomic E-state index is 0.180. The Labute approximate surface area is 250 Å². The van der Waals surface area contributed by atoms with Crippen LogP contribution in [0.15, 0.2) is 47.1 Å². The van der Waals surface area contributed by atoms with Crippen molar-refractivity contribution in [2.75, 3.05) is 68.0 Å². The quantitative estimate of drug-likeness (QED) is 0.324. The molecule has 3 aromatic rings. The minimum Gasteiger partial charge on any atom is -0.481 e. The molecule has 1 aliphatic carbocycles. The van der Waals surface area contributed by atoms with Crippen LogP contribution in [0.4, 0.5) is 17.2 Å².